The van der Waals surface area contributed by atoms with Crippen LogP contribution < -0.4 is 15.5 Å². The highest BCUT2D eigenvalue weighted by Gasteiger charge is 2.27. The first kappa shape index (κ1) is 20.1. The molecular weight excluding hydrogens is 429 g/mol. The number of nitrogens with one attached hydrogen (secondary N) is 2. The molecule has 0 atom stereocenters. The van der Waals surface area contributed by atoms with Gasteiger partial charge in [-0.3, -0.25) is 9.48 Å². The summed E-state index contributed by atoms with van der Waals surface area (Å²) in [6.07, 6.45) is 0.565. The third kappa shape index (κ3) is 3.79. The van der Waals surface area contributed by atoms with Crippen LogP contribution in [-0.2, 0) is 20.1 Å². The number of nitrogens with zero attached hydrogens (tertiary/aromatic N) is 3. The maximum Gasteiger partial charge on any atom is 0.404 e. The highest BCUT2D eigenvalue weighted by molar-refractivity contribution is 6.32. The van der Waals surface area contributed by atoms with Gasteiger partial charge in [-0.15, -0.1) is 0 Å². The van der Waals surface area contributed by atoms with Crippen LogP contribution in [0.5, 0.6) is 0 Å². The van der Waals surface area contributed by atoms with Crippen LogP contribution >= 0.6 is 23.2 Å². The Bertz CT molecular complexity index is 1160. The first-order valence-corrected chi connectivity index (χ1v) is 9.73. The van der Waals surface area contributed by atoms with Crippen molar-refractivity contribution in [2.75, 3.05) is 10.2 Å². The maximum absolute atomic E-state index is 13.4. The number of halogens is 2. The zero-order valence-electron chi connectivity index (χ0n) is 15.8. The Kier molecular flexibility index (Phi) is 5.27. The molecule has 1 aliphatic heterocycles. The first-order chi connectivity index (χ1) is 14.3. The van der Waals surface area contributed by atoms with Crippen molar-refractivity contribution in [3.63, 3.8) is 0 Å². The van der Waals surface area contributed by atoms with E-state index in [0.29, 0.717) is 39.1 Å². The molecule has 2 heterocycles. The number of carboxylic acid groups (broad SMARTS) is 1. The Labute approximate surface area is 182 Å². The Morgan fingerprint density at radius 2 is 2.03 bits per heavy atom. The van der Waals surface area contributed by atoms with Gasteiger partial charge in [-0.25, -0.2) is 4.79 Å². The van der Waals surface area contributed by atoms with Crippen LogP contribution in [0.3, 0.4) is 0 Å². The molecule has 1 aliphatic rings. The van der Waals surface area contributed by atoms with Gasteiger partial charge in [-0.05, 0) is 35.9 Å². The SMILES string of the molecule is Cn1ncc2c1Nc1cc(Cl)ccc1N(C(=O)c1ccc(CNC(=O)O)c(Cl)c1)C2. The van der Waals surface area contributed by atoms with Crippen LogP contribution in [0.15, 0.2) is 42.6 Å². The Hall–Kier alpha value is -3.23. The van der Waals surface area contributed by atoms with Gasteiger partial charge in [-0.2, -0.15) is 5.10 Å². The summed E-state index contributed by atoms with van der Waals surface area (Å²) in [4.78, 5) is 25.8. The summed E-state index contributed by atoms with van der Waals surface area (Å²) in [6, 6.07) is 10.1. The van der Waals surface area contributed by atoms with E-state index in [1.54, 1.807) is 52.2 Å². The topological polar surface area (TPSA) is 99.5 Å². The van der Waals surface area contributed by atoms with E-state index in [1.807, 2.05) is 7.05 Å². The summed E-state index contributed by atoms with van der Waals surface area (Å²) >= 11 is 12.5. The van der Waals surface area contributed by atoms with Crippen molar-refractivity contribution in [3.8, 4) is 0 Å². The second-order valence-corrected chi connectivity index (χ2v) is 7.63. The van der Waals surface area contributed by atoms with Gasteiger partial charge in [-0.1, -0.05) is 29.3 Å². The fourth-order valence-corrected chi connectivity index (χ4v) is 3.74. The lowest BCUT2D eigenvalue weighted by Crippen LogP contribution is -2.30. The van der Waals surface area contributed by atoms with Crippen LogP contribution in [-0.4, -0.2) is 26.9 Å². The van der Waals surface area contributed by atoms with Gasteiger partial charge in [0.05, 0.1) is 24.1 Å². The third-order valence-electron chi connectivity index (χ3n) is 4.82. The lowest BCUT2D eigenvalue weighted by Gasteiger charge is -2.23. The number of carbonyl (C=O) groups excluding carboxylic acids is 1. The molecule has 154 valence electrons. The molecule has 4 rings (SSSR count). The molecule has 8 nitrogen and oxygen atoms in total. The monoisotopic (exact) mass is 445 g/mol. The summed E-state index contributed by atoms with van der Waals surface area (Å²) in [5.74, 6) is 0.527. The van der Waals surface area contributed by atoms with E-state index in [1.165, 1.54) is 0 Å². The van der Waals surface area contributed by atoms with E-state index in [9.17, 15) is 9.59 Å². The van der Waals surface area contributed by atoms with E-state index in [4.69, 9.17) is 28.3 Å². The van der Waals surface area contributed by atoms with E-state index in [-0.39, 0.29) is 12.5 Å². The molecule has 0 bridgehead atoms. The number of hydrogen-bond donors (Lipinski definition) is 3. The summed E-state index contributed by atoms with van der Waals surface area (Å²) in [5.41, 5.74) is 3.17. The molecule has 3 aromatic rings. The molecule has 0 saturated heterocycles. The first-order valence-electron chi connectivity index (χ1n) is 8.98. The van der Waals surface area contributed by atoms with Gasteiger partial charge in [0.25, 0.3) is 5.91 Å². The van der Waals surface area contributed by atoms with E-state index >= 15 is 0 Å². The highest BCUT2D eigenvalue weighted by atomic mass is 35.5. The largest absolute Gasteiger partial charge is 0.465 e. The van der Waals surface area contributed by atoms with E-state index in [2.05, 4.69) is 15.7 Å². The molecule has 0 aliphatic carbocycles. The number of aryl methyl sites for hydroxylation is 1. The van der Waals surface area contributed by atoms with Crippen molar-refractivity contribution in [1.82, 2.24) is 15.1 Å². The van der Waals surface area contributed by atoms with Crippen LogP contribution in [0.25, 0.3) is 0 Å². The fourth-order valence-electron chi connectivity index (χ4n) is 3.32. The summed E-state index contributed by atoms with van der Waals surface area (Å²) in [7, 11) is 1.82. The van der Waals surface area contributed by atoms with Crippen molar-refractivity contribution in [3.05, 3.63) is 69.3 Å². The van der Waals surface area contributed by atoms with Gasteiger partial charge in [0.2, 0.25) is 0 Å². The van der Waals surface area contributed by atoms with Crippen LogP contribution in [0.4, 0.5) is 22.0 Å². The molecule has 0 saturated carbocycles. The maximum atomic E-state index is 13.4. The summed E-state index contributed by atoms with van der Waals surface area (Å²) in [6.45, 7) is 0.361. The summed E-state index contributed by atoms with van der Waals surface area (Å²) in [5, 5.41) is 19.4. The number of rotatable bonds is 3. The molecule has 0 unspecified atom stereocenters. The molecule has 2 aromatic carbocycles. The third-order valence-corrected chi connectivity index (χ3v) is 5.41. The minimum absolute atomic E-state index is 0.0522. The lowest BCUT2D eigenvalue weighted by atomic mass is 10.1. The predicted molar refractivity (Wildman–Crippen MR) is 115 cm³/mol. The molecule has 0 spiro atoms. The normalized spacial score (nSPS) is 12.4. The quantitative estimate of drug-likeness (QED) is 0.554. The van der Waals surface area contributed by atoms with E-state index in [0.717, 1.165) is 11.4 Å². The molecule has 10 heteroatoms. The van der Waals surface area contributed by atoms with Gasteiger partial charge >= 0.3 is 6.09 Å². The highest BCUT2D eigenvalue weighted by Crippen LogP contribution is 2.38. The number of hydrogen-bond acceptors (Lipinski definition) is 4. The number of anilines is 3. The number of aromatic nitrogens is 2. The van der Waals surface area contributed by atoms with Crippen molar-refractivity contribution in [2.24, 2.45) is 7.05 Å². The molecule has 0 radical (unpaired) electrons. The zero-order valence-corrected chi connectivity index (χ0v) is 17.3. The predicted octanol–water partition coefficient (Wildman–Crippen LogP) is 4.40. The van der Waals surface area contributed by atoms with Gasteiger partial charge in [0.1, 0.15) is 5.82 Å². The van der Waals surface area contributed by atoms with Crippen molar-refractivity contribution >= 4 is 52.4 Å². The van der Waals surface area contributed by atoms with Gasteiger partial charge in [0.15, 0.2) is 0 Å². The molecule has 2 amide bonds. The number of fused-ring (bicyclic) bond motifs is 2. The Morgan fingerprint density at radius 1 is 1.23 bits per heavy atom. The summed E-state index contributed by atoms with van der Waals surface area (Å²) < 4.78 is 1.70. The average Bonchev–Trinajstić information content (AvgIpc) is 2.95. The van der Waals surface area contributed by atoms with Crippen LogP contribution in [0.2, 0.25) is 10.0 Å². The number of carbonyl (C=O) groups is 2. The number of amides is 2. The van der Waals surface area contributed by atoms with Crippen molar-refractivity contribution < 1.29 is 14.7 Å². The van der Waals surface area contributed by atoms with Crippen molar-refractivity contribution in [2.45, 2.75) is 13.1 Å². The van der Waals surface area contributed by atoms with Gasteiger partial charge < -0.3 is 20.6 Å². The molecule has 1 aromatic heterocycles. The van der Waals surface area contributed by atoms with E-state index < -0.39 is 6.09 Å². The average molecular weight is 446 g/mol. The van der Waals surface area contributed by atoms with Crippen LogP contribution in [0, 0.1) is 0 Å². The lowest BCUT2D eigenvalue weighted by molar-refractivity contribution is 0.0985. The smallest absolute Gasteiger partial charge is 0.404 e. The molecule has 30 heavy (non-hydrogen) atoms. The minimum Gasteiger partial charge on any atom is -0.465 e. The molecular formula is C20H17Cl2N5O3. The molecule has 3 N–H and O–H groups in total. The minimum atomic E-state index is -1.15. The van der Waals surface area contributed by atoms with Gasteiger partial charge in [0, 0.05) is 34.8 Å². The zero-order chi connectivity index (χ0) is 21.4. The van der Waals surface area contributed by atoms with Crippen LogP contribution in [0.1, 0.15) is 21.5 Å². The Morgan fingerprint density at radius 3 is 2.77 bits per heavy atom. The molecule has 0 fully saturated rings. The second-order valence-electron chi connectivity index (χ2n) is 6.78. The van der Waals surface area contributed by atoms with Crippen molar-refractivity contribution in [1.29, 1.82) is 0 Å². The fraction of sp³-hybridized carbons (Fsp3) is 0.150. The second kappa shape index (κ2) is 7.89. The standard InChI is InChI=1S/C20H17Cl2N5O3/c1-26-18-13(9-24-26)10-27(17-5-4-14(21)7-16(17)25-18)19(28)11-2-3-12(15(22)6-11)8-23-20(29)30/h2-7,9,23,25H,8,10H2,1H3,(H,29,30). The Balaban J connectivity index is 1.71. The number of benzene rings is 2.